The van der Waals surface area contributed by atoms with Crippen molar-refractivity contribution < 1.29 is 5.11 Å². The lowest BCUT2D eigenvalue weighted by molar-refractivity contribution is 0.0522. The molecule has 0 amide bonds. The third-order valence-electron chi connectivity index (χ3n) is 7.33. The molecule has 7 heteroatoms. The third-order valence-corrected chi connectivity index (χ3v) is 7.33. The molecule has 0 aromatic carbocycles. The fraction of sp³-hybridized carbons (Fsp3) is 0.750. The van der Waals surface area contributed by atoms with E-state index in [0.717, 1.165) is 44.3 Å². The lowest BCUT2D eigenvalue weighted by Crippen LogP contribution is -2.40. The molecular formula is C20H28N4O3. The second-order valence-corrected chi connectivity index (χ2v) is 8.93. The monoisotopic (exact) mass is 372 g/mol. The van der Waals surface area contributed by atoms with Gasteiger partial charge in [-0.2, -0.15) is 0 Å². The zero-order valence-electron chi connectivity index (χ0n) is 16.1. The minimum absolute atomic E-state index is 0.152. The van der Waals surface area contributed by atoms with Crippen molar-refractivity contribution in [3.63, 3.8) is 0 Å². The van der Waals surface area contributed by atoms with E-state index in [1.165, 1.54) is 4.57 Å². The van der Waals surface area contributed by atoms with Crippen molar-refractivity contribution in [3.05, 3.63) is 26.7 Å². The van der Waals surface area contributed by atoms with E-state index in [9.17, 15) is 14.7 Å². The molecule has 146 valence electrons. The molecule has 4 bridgehead atoms. The predicted octanol–water partition coefficient (Wildman–Crippen LogP) is 1.75. The zero-order chi connectivity index (χ0) is 18.9. The standard InChI is InChI=1S/C20H28N4O3/c1-3-5-23-16-14(17(26)24(6-4-2)19(23)27)21-18(22-16)20-9-11-7-12(10-20)15(25)13(20)8-11/h11-13,15,25H,3-10H2,1-2H3,(H,21,22)/t11-,12?,13-,15?,20?/m1/s1. The Balaban J connectivity index is 1.73. The lowest BCUT2D eigenvalue weighted by Gasteiger charge is -2.30. The van der Waals surface area contributed by atoms with Crippen molar-refractivity contribution in [2.45, 2.75) is 77.0 Å². The predicted molar refractivity (Wildman–Crippen MR) is 102 cm³/mol. The SMILES string of the molecule is CCCn1c(=O)c2[nH]c(C34CC5C[C@H](C[C@@H]3C5O)C4)nc2n(CCC)c1=O. The first-order chi connectivity index (χ1) is 13.0. The van der Waals surface area contributed by atoms with E-state index in [1.54, 1.807) is 4.57 Å². The first-order valence-electron chi connectivity index (χ1n) is 10.4. The van der Waals surface area contributed by atoms with E-state index in [2.05, 4.69) is 4.98 Å². The number of aliphatic hydroxyl groups excluding tert-OH is 1. The Labute approximate surface area is 157 Å². The molecule has 2 N–H and O–H groups in total. The van der Waals surface area contributed by atoms with Gasteiger partial charge in [-0.25, -0.2) is 9.78 Å². The smallest absolute Gasteiger partial charge is 0.332 e. The molecule has 4 fully saturated rings. The van der Waals surface area contributed by atoms with Crippen LogP contribution in [-0.2, 0) is 18.5 Å². The van der Waals surface area contributed by atoms with E-state index >= 15 is 0 Å². The van der Waals surface area contributed by atoms with Crippen LogP contribution in [0, 0.1) is 17.8 Å². The number of aliphatic hydroxyl groups is 1. The molecule has 7 nitrogen and oxygen atoms in total. The van der Waals surface area contributed by atoms with Gasteiger partial charge in [0.2, 0.25) is 0 Å². The normalized spacial score (nSPS) is 34.2. The van der Waals surface area contributed by atoms with Gasteiger partial charge in [0.25, 0.3) is 5.56 Å². The molecule has 4 saturated carbocycles. The maximum atomic E-state index is 13.0. The maximum absolute atomic E-state index is 13.0. The number of nitrogens with zero attached hydrogens (tertiary/aromatic N) is 3. The first-order valence-corrected chi connectivity index (χ1v) is 10.4. The van der Waals surface area contributed by atoms with Crippen molar-refractivity contribution >= 4 is 11.2 Å². The van der Waals surface area contributed by atoms with Gasteiger partial charge in [0, 0.05) is 18.5 Å². The molecule has 0 spiro atoms. The molecule has 0 saturated heterocycles. The Morgan fingerprint density at radius 3 is 2.63 bits per heavy atom. The fourth-order valence-corrected chi connectivity index (χ4v) is 6.40. The number of hydrogen-bond donors (Lipinski definition) is 2. The van der Waals surface area contributed by atoms with Crippen molar-refractivity contribution in [2.24, 2.45) is 17.8 Å². The molecule has 4 aliphatic rings. The average molecular weight is 372 g/mol. The highest BCUT2D eigenvalue weighted by molar-refractivity contribution is 5.70. The van der Waals surface area contributed by atoms with Gasteiger partial charge in [0.1, 0.15) is 11.3 Å². The van der Waals surface area contributed by atoms with Crippen LogP contribution in [0.25, 0.3) is 11.2 Å². The summed E-state index contributed by atoms with van der Waals surface area (Å²) in [4.78, 5) is 34.0. The van der Waals surface area contributed by atoms with Gasteiger partial charge in [-0.1, -0.05) is 13.8 Å². The summed E-state index contributed by atoms with van der Waals surface area (Å²) in [5, 5.41) is 10.7. The summed E-state index contributed by atoms with van der Waals surface area (Å²) in [6.07, 6.45) is 5.42. The zero-order valence-corrected chi connectivity index (χ0v) is 16.1. The number of aromatic amines is 1. The molecule has 6 rings (SSSR count). The number of aromatic nitrogens is 4. The number of nitrogens with one attached hydrogen (secondary N) is 1. The van der Waals surface area contributed by atoms with Crippen LogP contribution in [0.1, 0.15) is 58.2 Å². The summed E-state index contributed by atoms with van der Waals surface area (Å²) in [5.41, 5.74) is 0.258. The van der Waals surface area contributed by atoms with Crippen LogP contribution >= 0.6 is 0 Å². The second-order valence-electron chi connectivity index (χ2n) is 8.93. The molecule has 4 aliphatic carbocycles. The van der Waals surface area contributed by atoms with E-state index < -0.39 is 0 Å². The number of imidazole rings is 1. The topological polar surface area (TPSA) is 92.9 Å². The van der Waals surface area contributed by atoms with E-state index in [0.29, 0.717) is 36.1 Å². The summed E-state index contributed by atoms with van der Waals surface area (Å²) in [6, 6.07) is 0. The van der Waals surface area contributed by atoms with Crippen LogP contribution in [-0.4, -0.2) is 30.3 Å². The molecule has 2 aromatic heterocycles. The molecule has 0 aliphatic heterocycles. The van der Waals surface area contributed by atoms with Crippen LogP contribution < -0.4 is 11.2 Å². The Hall–Kier alpha value is -1.89. The lowest BCUT2D eigenvalue weighted by atomic mass is 9.75. The minimum atomic E-state index is -0.266. The van der Waals surface area contributed by atoms with E-state index in [4.69, 9.17) is 4.98 Å². The van der Waals surface area contributed by atoms with Crippen LogP contribution in [0.2, 0.25) is 0 Å². The van der Waals surface area contributed by atoms with Crippen LogP contribution in [0.15, 0.2) is 9.59 Å². The number of hydrogen-bond acceptors (Lipinski definition) is 4. The molecule has 0 radical (unpaired) electrons. The summed E-state index contributed by atoms with van der Waals surface area (Å²) in [6.45, 7) is 4.96. The van der Waals surface area contributed by atoms with Crippen LogP contribution in [0.4, 0.5) is 0 Å². The van der Waals surface area contributed by atoms with E-state index in [-0.39, 0.29) is 28.7 Å². The molecule has 2 aromatic rings. The summed E-state index contributed by atoms with van der Waals surface area (Å²) in [5.74, 6) is 2.05. The second kappa shape index (κ2) is 5.80. The highest BCUT2D eigenvalue weighted by Gasteiger charge is 2.64. The summed E-state index contributed by atoms with van der Waals surface area (Å²) >= 11 is 0. The first kappa shape index (κ1) is 17.2. The number of H-pyrrole nitrogens is 1. The van der Waals surface area contributed by atoms with Gasteiger partial charge in [-0.3, -0.25) is 13.9 Å². The van der Waals surface area contributed by atoms with Crippen molar-refractivity contribution in [1.29, 1.82) is 0 Å². The Kier molecular flexibility index (Phi) is 3.70. The van der Waals surface area contributed by atoms with Gasteiger partial charge in [-0.15, -0.1) is 0 Å². The minimum Gasteiger partial charge on any atom is -0.393 e. The molecular weight excluding hydrogens is 344 g/mol. The average Bonchev–Trinajstić information content (AvgIpc) is 3.26. The van der Waals surface area contributed by atoms with Gasteiger partial charge < -0.3 is 10.1 Å². The maximum Gasteiger partial charge on any atom is 0.332 e. The highest BCUT2D eigenvalue weighted by atomic mass is 16.3. The Bertz CT molecular complexity index is 1020. The van der Waals surface area contributed by atoms with Crippen LogP contribution in [0.5, 0.6) is 0 Å². The van der Waals surface area contributed by atoms with Gasteiger partial charge in [-0.05, 0) is 56.3 Å². The van der Waals surface area contributed by atoms with Crippen molar-refractivity contribution in [2.75, 3.05) is 0 Å². The number of rotatable bonds is 5. The molecule has 3 unspecified atom stereocenters. The molecule has 27 heavy (non-hydrogen) atoms. The Morgan fingerprint density at radius 2 is 1.89 bits per heavy atom. The molecule has 5 atom stereocenters. The fourth-order valence-electron chi connectivity index (χ4n) is 6.40. The highest BCUT2D eigenvalue weighted by Crippen LogP contribution is 2.65. The largest absolute Gasteiger partial charge is 0.393 e. The quantitative estimate of drug-likeness (QED) is 0.836. The van der Waals surface area contributed by atoms with E-state index in [1.807, 2.05) is 13.8 Å². The number of aryl methyl sites for hydroxylation is 1. The van der Waals surface area contributed by atoms with Crippen molar-refractivity contribution in [1.82, 2.24) is 19.1 Å². The summed E-state index contributed by atoms with van der Waals surface area (Å²) < 4.78 is 2.99. The van der Waals surface area contributed by atoms with Crippen LogP contribution in [0.3, 0.4) is 0 Å². The summed E-state index contributed by atoms with van der Waals surface area (Å²) in [7, 11) is 0. The van der Waals surface area contributed by atoms with Gasteiger partial charge in [0.15, 0.2) is 5.65 Å². The Morgan fingerprint density at radius 1 is 1.15 bits per heavy atom. The van der Waals surface area contributed by atoms with Crippen molar-refractivity contribution in [3.8, 4) is 0 Å². The number of fused-ring (bicyclic) bond motifs is 1. The van der Waals surface area contributed by atoms with Gasteiger partial charge in [0.05, 0.1) is 6.10 Å². The molecule has 2 heterocycles. The third kappa shape index (κ3) is 2.15. The van der Waals surface area contributed by atoms with Gasteiger partial charge >= 0.3 is 5.69 Å².